The Balaban J connectivity index is 1.80. The molecule has 1 unspecified atom stereocenters. The van der Waals surface area contributed by atoms with Gasteiger partial charge in [0, 0.05) is 5.25 Å². The maximum Gasteiger partial charge on any atom is 0.00780 e. The summed E-state index contributed by atoms with van der Waals surface area (Å²) in [5, 5.41) is 1.03. The standard InChI is InChI=1S/C8H13S/c1-2-6-9-8(3-1)7-4-5-7/h1,7-8H,2-6H2. The summed E-state index contributed by atoms with van der Waals surface area (Å²) in [5.74, 6) is 2.51. The van der Waals surface area contributed by atoms with Crippen LogP contribution in [-0.2, 0) is 0 Å². The summed E-state index contributed by atoms with van der Waals surface area (Å²) in [5.41, 5.74) is 0. The first-order chi connectivity index (χ1) is 4.47. The molecule has 1 saturated heterocycles. The van der Waals surface area contributed by atoms with Crippen LogP contribution in [0, 0.1) is 12.3 Å². The van der Waals surface area contributed by atoms with E-state index < -0.39 is 0 Å². The van der Waals surface area contributed by atoms with Gasteiger partial charge in [-0.25, -0.2) is 0 Å². The van der Waals surface area contributed by atoms with Crippen molar-refractivity contribution < 1.29 is 0 Å². The van der Waals surface area contributed by atoms with Gasteiger partial charge in [-0.15, -0.1) is 0 Å². The Hall–Kier alpha value is 0.350. The van der Waals surface area contributed by atoms with Crippen LogP contribution >= 0.6 is 11.8 Å². The molecular formula is C8H13S. The van der Waals surface area contributed by atoms with Crippen LogP contribution < -0.4 is 0 Å². The molecule has 0 aromatic rings. The van der Waals surface area contributed by atoms with Gasteiger partial charge in [-0.2, -0.15) is 11.8 Å². The number of thioether (sulfide) groups is 1. The molecule has 1 aliphatic heterocycles. The van der Waals surface area contributed by atoms with Gasteiger partial charge in [-0.1, -0.05) is 0 Å². The summed E-state index contributed by atoms with van der Waals surface area (Å²) in [7, 11) is 0. The zero-order chi connectivity index (χ0) is 6.10. The van der Waals surface area contributed by atoms with E-state index >= 15 is 0 Å². The topological polar surface area (TPSA) is 0 Å². The Morgan fingerprint density at radius 3 is 2.78 bits per heavy atom. The van der Waals surface area contributed by atoms with E-state index in [0.717, 1.165) is 11.2 Å². The zero-order valence-electron chi connectivity index (χ0n) is 5.68. The molecule has 0 aromatic carbocycles. The third-order valence-electron chi connectivity index (χ3n) is 2.20. The van der Waals surface area contributed by atoms with Crippen LogP contribution in [0.4, 0.5) is 0 Å². The molecule has 0 nitrogen and oxygen atoms in total. The fourth-order valence-electron chi connectivity index (χ4n) is 1.45. The minimum Gasteiger partial charge on any atom is -0.158 e. The average Bonchev–Trinajstić information content (AvgIpc) is 2.71. The van der Waals surface area contributed by atoms with E-state index in [0.29, 0.717) is 0 Å². The molecule has 0 N–H and O–H groups in total. The molecule has 1 heterocycles. The third kappa shape index (κ3) is 1.43. The van der Waals surface area contributed by atoms with Gasteiger partial charge in [0.2, 0.25) is 0 Å². The maximum absolute atomic E-state index is 2.47. The summed E-state index contributed by atoms with van der Waals surface area (Å²) in [4.78, 5) is 0. The quantitative estimate of drug-likeness (QED) is 0.540. The van der Waals surface area contributed by atoms with Crippen molar-refractivity contribution in [1.29, 1.82) is 0 Å². The molecule has 51 valence electrons. The molecule has 2 fully saturated rings. The highest BCUT2D eigenvalue weighted by Crippen LogP contribution is 2.43. The van der Waals surface area contributed by atoms with Crippen molar-refractivity contribution in [3.63, 3.8) is 0 Å². The fraction of sp³-hybridized carbons (Fsp3) is 0.875. The molecule has 1 saturated carbocycles. The zero-order valence-corrected chi connectivity index (χ0v) is 6.49. The molecule has 0 bridgehead atoms. The van der Waals surface area contributed by atoms with Crippen molar-refractivity contribution in [3.05, 3.63) is 6.42 Å². The lowest BCUT2D eigenvalue weighted by Gasteiger charge is -2.19. The van der Waals surface area contributed by atoms with Gasteiger partial charge in [0.1, 0.15) is 0 Å². The van der Waals surface area contributed by atoms with Crippen molar-refractivity contribution >= 4 is 11.8 Å². The predicted octanol–water partition coefficient (Wildman–Crippen LogP) is 2.50. The van der Waals surface area contributed by atoms with E-state index in [1.165, 1.54) is 31.4 Å². The molecule has 1 aliphatic carbocycles. The molecule has 9 heavy (non-hydrogen) atoms. The van der Waals surface area contributed by atoms with Crippen LogP contribution in [0.2, 0.25) is 0 Å². The Bertz CT molecular complexity index is 90.7. The van der Waals surface area contributed by atoms with Gasteiger partial charge in [-0.3, -0.25) is 0 Å². The highest BCUT2D eigenvalue weighted by molar-refractivity contribution is 7.99. The predicted molar refractivity (Wildman–Crippen MR) is 42.5 cm³/mol. The molecule has 1 atom stereocenters. The normalized spacial score (nSPS) is 36.7. The lowest BCUT2D eigenvalue weighted by Crippen LogP contribution is -2.11. The Morgan fingerprint density at radius 1 is 1.33 bits per heavy atom. The summed E-state index contributed by atoms with van der Waals surface area (Å²) < 4.78 is 0. The van der Waals surface area contributed by atoms with E-state index in [-0.39, 0.29) is 0 Å². The average molecular weight is 141 g/mol. The number of rotatable bonds is 1. The molecule has 0 aromatic heterocycles. The van der Waals surface area contributed by atoms with Crippen molar-refractivity contribution in [1.82, 2.24) is 0 Å². The lowest BCUT2D eigenvalue weighted by molar-refractivity contribution is 0.707. The van der Waals surface area contributed by atoms with Gasteiger partial charge < -0.3 is 0 Å². The monoisotopic (exact) mass is 141 g/mol. The smallest absolute Gasteiger partial charge is 0.00780 e. The second-order valence-corrected chi connectivity index (χ2v) is 4.41. The van der Waals surface area contributed by atoms with Crippen molar-refractivity contribution in [3.8, 4) is 0 Å². The van der Waals surface area contributed by atoms with Crippen molar-refractivity contribution in [2.45, 2.75) is 30.9 Å². The van der Waals surface area contributed by atoms with Gasteiger partial charge in [0.15, 0.2) is 0 Å². The molecule has 1 heteroatoms. The van der Waals surface area contributed by atoms with Crippen LogP contribution in [0.15, 0.2) is 0 Å². The van der Waals surface area contributed by atoms with Crippen LogP contribution in [0.5, 0.6) is 0 Å². The van der Waals surface area contributed by atoms with Crippen LogP contribution in [0.3, 0.4) is 0 Å². The minimum atomic E-state index is 1.03. The Kier molecular flexibility index (Phi) is 1.71. The Labute approximate surface area is 61.4 Å². The van der Waals surface area contributed by atoms with Gasteiger partial charge >= 0.3 is 0 Å². The van der Waals surface area contributed by atoms with Crippen LogP contribution in [0.25, 0.3) is 0 Å². The molecular weight excluding hydrogens is 128 g/mol. The fourth-order valence-corrected chi connectivity index (χ4v) is 2.87. The van der Waals surface area contributed by atoms with E-state index in [1.54, 1.807) is 0 Å². The molecule has 2 aliphatic rings. The minimum absolute atomic E-state index is 1.03. The first-order valence-electron chi connectivity index (χ1n) is 3.90. The van der Waals surface area contributed by atoms with Gasteiger partial charge in [-0.05, 0) is 43.8 Å². The highest BCUT2D eigenvalue weighted by Gasteiger charge is 2.32. The third-order valence-corrected chi connectivity index (χ3v) is 3.68. The largest absolute Gasteiger partial charge is 0.158 e. The SMILES string of the molecule is [CH]1CCSC(C2CC2)C1. The molecule has 1 radical (unpaired) electrons. The summed E-state index contributed by atoms with van der Waals surface area (Å²) >= 11 is 2.20. The Morgan fingerprint density at radius 2 is 2.22 bits per heavy atom. The lowest BCUT2D eigenvalue weighted by atomic mass is 10.1. The number of hydrogen-bond donors (Lipinski definition) is 0. The summed E-state index contributed by atoms with van der Waals surface area (Å²) in [6.07, 6.45) is 8.26. The van der Waals surface area contributed by atoms with Crippen molar-refractivity contribution in [2.24, 2.45) is 5.92 Å². The number of hydrogen-bond acceptors (Lipinski definition) is 1. The maximum atomic E-state index is 2.47. The summed E-state index contributed by atoms with van der Waals surface area (Å²) in [6.45, 7) is 0. The van der Waals surface area contributed by atoms with E-state index in [2.05, 4.69) is 18.2 Å². The van der Waals surface area contributed by atoms with Crippen LogP contribution in [-0.4, -0.2) is 11.0 Å². The van der Waals surface area contributed by atoms with E-state index in [9.17, 15) is 0 Å². The first kappa shape index (κ1) is 6.09. The van der Waals surface area contributed by atoms with Crippen LogP contribution in [0.1, 0.15) is 25.7 Å². The van der Waals surface area contributed by atoms with Gasteiger partial charge in [0.25, 0.3) is 0 Å². The van der Waals surface area contributed by atoms with Gasteiger partial charge in [0.05, 0.1) is 0 Å². The summed E-state index contributed by atoms with van der Waals surface area (Å²) in [6, 6.07) is 0. The first-order valence-corrected chi connectivity index (χ1v) is 4.95. The van der Waals surface area contributed by atoms with E-state index in [4.69, 9.17) is 0 Å². The molecule has 0 amide bonds. The van der Waals surface area contributed by atoms with E-state index in [1.807, 2.05) is 0 Å². The van der Waals surface area contributed by atoms with Crippen molar-refractivity contribution in [2.75, 3.05) is 5.75 Å². The molecule has 0 spiro atoms. The molecule has 2 rings (SSSR count). The second-order valence-electron chi connectivity index (χ2n) is 3.06. The second kappa shape index (κ2) is 2.53. The highest BCUT2D eigenvalue weighted by atomic mass is 32.2.